The van der Waals surface area contributed by atoms with Gasteiger partial charge in [0.1, 0.15) is 0 Å². The van der Waals surface area contributed by atoms with E-state index in [0.29, 0.717) is 6.42 Å². The predicted molar refractivity (Wildman–Crippen MR) is 68.4 cm³/mol. The van der Waals surface area contributed by atoms with E-state index in [-0.39, 0.29) is 19.5 Å². The van der Waals surface area contributed by atoms with Gasteiger partial charge in [-0.15, -0.1) is 0 Å². The van der Waals surface area contributed by atoms with E-state index in [1.54, 1.807) is 0 Å². The number of amides is 1. The lowest BCUT2D eigenvalue weighted by Crippen LogP contribution is -2.53. The number of carboxylic acid groups (broad SMARTS) is 1. The minimum Gasteiger partial charge on any atom is -0.465 e. The quantitative estimate of drug-likeness (QED) is 0.789. The van der Waals surface area contributed by atoms with Gasteiger partial charge in [0.05, 0.1) is 6.07 Å². The second kappa shape index (κ2) is 5.29. The monoisotopic (exact) mass is 260 g/mol. The maximum absolute atomic E-state index is 11.0. The summed E-state index contributed by atoms with van der Waals surface area (Å²) in [5, 5.41) is 28.5. The third kappa shape index (κ3) is 2.85. The van der Waals surface area contributed by atoms with E-state index < -0.39 is 17.6 Å². The van der Waals surface area contributed by atoms with Gasteiger partial charge < -0.3 is 15.1 Å². The van der Waals surface area contributed by atoms with Crippen molar-refractivity contribution < 1.29 is 15.0 Å². The molecule has 1 amide bonds. The molecule has 100 valence electrons. The maximum atomic E-state index is 11.0. The van der Waals surface area contributed by atoms with Crippen LogP contribution in [0.4, 0.5) is 4.79 Å². The molecular weight excluding hydrogens is 244 g/mol. The lowest BCUT2D eigenvalue weighted by atomic mass is 9.78. The van der Waals surface area contributed by atoms with Crippen LogP contribution in [-0.4, -0.2) is 39.9 Å². The van der Waals surface area contributed by atoms with Crippen LogP contribution in [0.2, 0.25) is 0 Å². The Labute approximate surface area is 111 Å². The Balaban J connectivity index is 2.17. The fourth-order valence-electron chi connectivity index (χ4n) is 2.47. The molecule has 19 heavy (non-hydrogen) atoms. The standard InChI is InChI=1S/C14H16N2O3/c15-10-14(19)6-7-16(13(17)18)9-12(14)8-11-4-2-1-3-5-11/h1-5,12,19H,6-9H2,(H,17,18). The molecule has 1 aliphatic rings. The number of aliphatic hydroxyl groups is 1. The molecule has 0 spiro atoms. The summed E-state index contributed by atoms with van der Waals surface area (Å²) in [5.74, 6) is -0.398. The second-order valence-electron chi connectivity index (χ2n) is 4.90. The van der Waals surface area contributed by atoms with Gasteiger partial charge in [0.15, 0.2) is 5.60 Å². The van der Waals surface area contributed by atoms with Gasteiger partial charge >= 0.3 is 6.09 Å². The average molecular weight is 260 g/mol. The highest BCUT2D eigenvalue weighted by atomic mass is 16.4. The van der Waals surface area contributed by atoms with E-state index in [2.05, 4.69) is 0 Å². The third-order valence-electron chi connectivity index (χ3n) is 3.67. The highest BCUT2D eigenvalue weighted by molar-refractivity contribution is 5.65. The first-order valence-corrected chi connectivity index (χ1v) is 6.20. The lowest BCUT2D eigenvalue weighted by molar-refractivity contribution is -0.0230. The average Bonchev–Trinajstić information content (AvgIpc) is 2.42. The zero-order valence-corrected chi connectivity index (χ0v) is 10.5. The van der Waals surface area contributed by atoms with Crippen LogP contribution in [-0.2, 0) is 6.42 Å². The molecule has 1 fully saturated rings. The summed E-state index contributed by atoms with van der Waals surface area (Å²) < 4.78 is 0. The molecule has 0 bridgehead atoms. The summed E-state index contributed by atoms with van der Waals surface area (Å²) in [6.45, 7) is 0.388. The van der Waals surface area contributed by atoms with Crippen LogP contribution >= 0.6 is 0 Å². The molecule has 1 aliphatic heterocycles. The fraction of sp³-hybridized carbons (Fsp3) is 0.429. The number of hydrogen-bond donors (Lipinski definition) is 2. The molecule has 1 heterocycles. The molecule has 2 N–H and O–H groups in total. The van der Waals surface area contributed by atoms with Gasteiger partial charge in [-0.1, -0.05) is 30.3 Å². The molecule has 1 saturated heterocycles. The number of nitrogens with zero attached hydrogens (tertiary/aromatic N) is 2. The zero-order valence-electron chi connectivity index (χ0n) is 10.5. The number of piperidine rings is 1. The SMILES string of the molecule is N#CC1(O)CCN(C(=O)O)CC1Cc1ccccc1. The van der Waals surface area contributed by atoms with Crippen LogP contribution in [0, 0.1) is 17.2 Å². The molecule has 0 radical (unpaired) electrons. The minimum atomic E-state index is -1.44. The third-order valence-corrected chi connectivity index (χ3v) is 3.67. The molecule has 5 heteroatoms. The van der Waals surface area contributed by atoms with Crippen molar-refractivity contribution in [1.82, 2.24) is 4.90 Å². The predicted octanol–water partition coefficient (Wildman–Crippen LogP) is 1.48. The highest BCUT2D eigenvalue weighted by Gasteiger charge is 2.42. The van der Waals surface area contributed by atoms with E-state index in [1.165, 1.54) is 4.90 Å². The molecule has 0 aliphatic carbocycles. The first kappa shape index (κ1) is 13.4. The molecule has 0 aromatic heterocycles. The number of nitriles is 1. The van der Waals surface area contributed by atoms with Crippen molar-refractivity contribution in [3.63, 3.8) is 0 Å². The number of carbonyl (C=O) groups is 1. The number of rotatable bonds is 2. The van der Waals surface area contributed by atoms with Crippen molar-refractivity contribution in [2.75, 3.05) is 13.1 Å². The molecule has 2 unspecified atom stereocenters. The Hall–Kier alpha value is -2.06. The van der Waals surface area contributed by atoms with E-state index in [9.17, 15) is 9.90 Å². The van der Waals surface area contributed by atoms with Crippen molar-refractivity contribution in [1.29, 1.82) is 5.26 Å². The number of hydrogen-bond acceptors (Lipinski definition) is 3. The van der Waals surface area contributed by atoms with Crippen molar-refractivity contribution in [3.8, 4) is 6.07 Å². The molecule has 2 atom stereocenters. The maximum Gasteiger partial charge on any atom is 0.407 e. The number of likely N-dealkylation sites (tertiary alicyclic amines) is 1. The summed E-state index contributed by atoms with van der Waals surface area (Å²) in [4.78, 5) is 12.3. The second-order valence-corrected chi connectivity index (χ2v) is 4.90. The van der Waals surface area contributed by atoms with Gasteiger partial charge in [-0.05, 0) is 12.0 Å². The van der Waals surface area contributed by atoms with Gasteiger partial charge in [-0.3, -0.25) is 0 Å². The molecule has 1 aromatic carbocycles. The van der Waals surface area contributed by atoms with Crippen LogP contribution in [0.15, 0.2) is 30.3 Å². The van der Waals surface area contributed by atoms with Gasteiger partial charge in [-0.2, -0.15) is 5.26 Å². The lowest BCUT2D eigenvalue weighted by Gasteiger charge is -2.39. The minimum absolute atomic E-state index is 0.160. The van der Waals surface area contributed by atoms with Crippen molar-refractivity contribution >= 4 is 6.09 Å². The van der Waals surface area contributed by atoms with Gasteiger partial charge in [-0.25, -0.2) is 4.79 Å². The Morgan fingerprint density at radius 2 is 2.16 bits per heavy atom. The molecule has 1 aromatic rings. The topological polar surface area (TPSA) is 84.6 Å². The first-order chi connectivity index (χ1) is 9.05. The van der Waals surface area contributed by atoms with E-state index in [1.807, 2.05) is 36.4 Å². The van der Waals surface area contributed by atoms with Crippen LogP contribution in [0.5, 0.6) is 0 Å². The highest BCUT2D eigenvalue weighted by Crippen LogP contribution is 2.30. The van der Waals surface area contributed by atoms with Crippen LogP contribution in [0.1, 0.15) is 12.0 Å². The molecule has 2 rings (SSSR count). The summed E-state index contributed by atoms with van der Waals surface area (Å²) in [6, 6.07) is 11.4. The Morgan fingerprint density at radius 1 is 1.47 bits per heavy atom. The molecule has 0 saturated carbocycles. The molecular formula is C14H16N2O3. The summed E-state index contributed by atoms with van der Waals surface area (Å²) in [5.41, 5.74) is -0.449. The van der Waals surface area contributed by atoms with E-state index >= 15 is 0 Å². The fourth-order valence-corrected chi connectivity index (χ4v) is 2.47. The zero-order chi connectivity index (χ0) is 13.9. The number of benzene rings is 1. The van der Waals surface area contributed by atoms with E-state index in [4.69, 9.17) is 10.4 Å². The van der Waals surface area contributed by atoms with Crippen LogP contribution < -0.4 is 0 Å². The Bertz CT molecular complexity index is 497. The Morgan fingerprint density at radius 3 is 2.74 bits per heavy atom. The summed E-state index contributed by atoms with van der Waals surface area (Å²) in [7, 11) is 0. The van der Waals surface area contributed by atoms with Crippen LogP contribution in [0.3, 0.4) is 0 Å². The van der Waals surface area contributed by atoms with Crippen molar-refractivity contribution in [2.45, 2.75) is 18.4 Å². The summed E-state index contributed by atoms with van der Waals surface area (Å²) in [6.07, 6.45) is -0.347. The van der Waals surface area contributed by atoms with Crippen molar-refractivity contribution in [2.24, 2.45) is 5.92 Å². The molecule has 5 nitrogen and oxygen atoms in total. The van der Waals surface area contributed by atoms with Gasteiger partial charge in [0, 0.05) is 25.4 Å². The van der Waals surface area contributed by atoms with Gasteiger partial charge in [0.25, 0.3) is 0 Å². The summed E-state index contributed by atoms with van der Waals surface area (Å²) >= 11 is 0. The van der Waals surface area contributed by atoms with Gasteiger partial charge in [0.2, 0.25) is 0 Å². The smallest absolute Gasteiger partial charge is 0.407 e. The largest absolute Gasteiger partial charge is 0.465 e. The van der Waals surface area contributed by atoms with Crippen molar-refractivity contribution in [3.05, 3.63) is 35.9 Å². The van der Waals surface area contributed by atoms with Crippen LogP contribution in [0.25, 0.3) is 0 Å². The van der Waals surface area contributed by atoms with E-state index in [0.717, 1.165) is 5.56 Å². The normalized spacial score (nSPS) is 26.7. The first-order valence-electron chi connectivity index (χ1n) is 6.20. The Kier molecular flexibility index (Phi) is 3.72.